The first-order chi connectivity index (χ1) is 19.2. The zero-order chi connectivity index (χ0) is 30.5. The second-order valence-corrected chi connectivity index (χ2v) is 12.5. The minimum atomic E-state index is -3.85. The highest BCUT2D eigenvalue weighted by atomic mass is 35.5. The average molecular weight is 600 g/mol. The van der Waals surface area contributed by atoms with Crippen LogP contribution in [0.4, 0.5) is 5.69 Å². The van der Waals surface area contributed by atoms with E-state index >= 15 is 0 Å². The van der Waals surface area contributed by atoms with Crippen LogP contribution < -0.4 is 10.0 Å². The summed E-state index contributed by atoms with van der Waals surface area (Å²) in [4.78, 5) is 27.9. The first-order valence-corrected chi connectivity index (χ1v) is 15.2. The number of hydrogen-bond acceptors (Lipinski definition) is 6. The molecule has 0 heterocycles. The standard InChI is InChI=1S/C31H38ClN3O5S/c1-8-40-31(37)27(12-13-35(6)7)33-30(36)29-21(4)14-24(15-22(29)5)23-10-9-11-25(18-23)34-41(38,39)28-17-19(2)26(32)16-20(28)3/h9-11,14-18,27,34H,8,12-13H2,1-7H3,(H,33,36)/t27-/m0/s1. The van der Waals surface area contributed by atoms with E-state index in [2.05, 4.69) is 10.0 Å². The third-order valence-electron chi connectivity index (χ3n) is 6.70. The molecule has 3 rings (SSSR count). The smallest absolute Gasteiger partial charge is 0.328 e. The van der Waals surface area contributed by atoms with Gasteiger partial charge in [-0.15, -0.1) is 0 Å². The van der Waals surface area contributed by atoms with Crippen molar-refractivity contribution in [3.63, 3.8) is 0 Å². The topological polar surface area (TPSA) is 105 Å². The predicted octanol–water partition coefficient (Wildman–Crippen LogP) is 5.65. The van der Waals surface area contributed by atoms with Crippen molar-refractivity contribution < 1.29 is 22.7 Å². The van der Waals surface area contributed by atoms with Crippen LogP contribution >= 0.6 is 11.6 Å². The number of ether oxygens (including phenoxy) is 1. The molecule has 41 heavy (non-hydrogen) atoms. The van der Waals surface area contributed by atoms with E-state index in [-0.39, 0.29) is 17.4 Å². The fourth-order valence-corrected chi connectivity index (χ4v) is 6.19. The lowest BCUT2D eigenvalue weighted by Crippen LogP contribution is -2.43. The molecule has 0 fully saturated rings. The van der Waals surface area contributed by atoms with Crippen LogP contribution in [0.1, 0.15) is 46.0 Å². The van der Waals surface area contributed by atoms with Gasteiger partial charge in [-0.05, 0) is 113 Å². The Morgan fingerprint density at radius 1 is 0.927 bits per heavy atom. The van der Waals surface area contributed by atoms with Gasteiger partial charge in [-0.2, -0.15) is 0 Å². The van der Waals surface area contributed by atoms with Crippen molar-refractivity contribution in [3.05, 3.63) is 81.4 Å². The van der Waals surface area contributed by atoms with E-state index in [9.17, 15) is 18.0 Å². The van der Waals surface area contributed by atoms with Crippen LogP contribution in [0.3, 0.4) is 0 Å². The summed E-state index contributed by atoms with van der Waals surface area (Å²) in [5.41, 5.74) is 5.18. The van der Waals surface area contributed by atoms with E-state index in [1.54, 1.807) is 51.1 Å². The maximum absolute atomic E-state index is 13.3. The van der Waals surface area contributed by atoms with E-state index in [1.807, 2.05) is 51.0 Å². The maximum Gasteiger partial charge on any atom is 0.328 e. The molecule has 0 radical (unpaired) electrons. The SMILES string of the molecule is CCOC(=O)[C@H](CCN(C)C)NC(=O)c1c(C)cc(-c2cccc(NS(=O)(=O)c3cc(C)c(Cl)cc3C)c2)cc1C. The minimum absolute atomic E-state index is 0.165. The lowest BCUT2D eigenvalue weighted by atomic mass is 9.94. The molecular weight excluding hydrogens is 562 g/mol. The van der Waals surface area contributed by atoms with Gasteiger partial charge in [0.15, 0.2) is 0 Å². The van der Waals surface area contributed by atoms with Gasteiger partial charge in [0, 0.05) is 22.8 Å². The summed E-state index contributed by atoms with van der Waals surface area (Å²) in [6.07, 6.45) is 0.422. The molecule has 3 aromatic carbocycles. The van der Waals surface area contributed by atoms with Crippen molar-refractivity contribution in [2.75, 3.05) is 32.0 Å². The number of carbonyl (C=O) groups is 2. The monoisotopic (exact) mass is 599 g/mol. The number of nitrogens with one attached hydrogen (secondary N) is 2. The fourth-order valence-electron chi connectivity index (χ4n) is 4.61. The van der Waals surface area contributed by atoms with E-state index < -0.39 is 22.0 Å². The average Bonchev–Trinajstić information content (AvgIpc) is 2.88. The van der Waals surface area contributed by atoms with E-state index in [0.717, 1.165) is 22.3 Å². The van der Waals surface area contributed by atoms with Gasteiger partial charge in [0.1, 0.15) is 6.04 Å². The van der Waals surface area contributed by atoms with Gasteiger partial charge in [0.2, 0.25) is 0 Å². The third-order valence-corrected chi connectivity index (χ3v) is 8.63. The van der Waals surface area contributed by atoms with Crippen LogP contribution in [0.15, 0.2) is 53.4 Å². The van der Waals surface area contributed by atoms with Crippen molar-refractivity contribution in [2.24, 2.45) is 0 Å². The highest BCUT2D eigenvalue weighted by molar-refractivity contribution is 7.92. The van der Waals surface area contributed by atoms with Gasteiger partial charge in [-0.25, -0.2) is 13.2 Å². The molecule has 1 atom stereocenters. The van der Waals surface area contributed by atoms with Crippen LogP contribution in [0, 0.1) is 27.7 Å². The molecule has 8 nitrogen and oxygen atoms in total. The van der Waals surface area contributed by atoms with E-state index in [0.29, 0.717) is 40.4 Å². The number of esters is 1. The van der Waals surface area contributed by atoms with Crippen molar-refractivity contribution in [2.45, 2.75) is 52.0 Å². The normalized spacial score (nSPS) is 12.2. The second kappa shape index (κ2) is 13.5. The van der Waals surface area contributed by atoms with Crippen LogP contribution in [0.2, 0.25) is 5.02 Å². The summed E-state index contributed by atoms with van der Waals surface area (Å²) in [5.74, 6) is -0.809. The first kappa shape index (κ1) is 32.1. The molecule has 220 valence electrons. The molecule has 3 aromatic rings. The highest BCUT2D eigenvalue weighted by Gasteiger charge is 2.25. The van der Waals surface area contributed by atoms with Crippen molar-refractivity contribution in [1.82, 2.24) is 10.2 Å². The maximum atomic E-state index is 13.3. The molecule has 10 heteroatoms. The molecule has 0 unspecified atom stereocenters. The number of carbonyl (C=O) groups excluding carboxylic acids is 2. The van der Waals surface area contributed by atoms with Gasteiger partial charge < -0.3 is 15.0 Å². The van der Waals surface area contributed by atoms with Crippen molar-refractivity contribution in [3.8, 4) is 11.1 Å². The molecule has 0 saturated carbocycles. The van der Waals surface area contributed by atoms with Gasteiger partial charge in [-0.1, -0.05) is 35.9 Å². The summed E-state index contributed by atoms with van der Waals surface area (Å²) in [6.45, 7) is 9.71. The number of hydrogen-bond donors (Lipinski definition) is 2. The number of anilines is 1. The molecular formula is C31H38ClN3O5S. The van der Waals surface area contributed by atoms with Gasteiger partial charge in [0.25, 0.3) is 15.9 Å². The van der Waals surface area contributed by atoms with E-state index in [4.69, 9.17) is 16.3 Å². The number of aryl methyl sites for hydroxylation is 4. The Morgan fingerprint density at radius 3 is 2.20 bits per heavy atom. The molecule has 0 aliphatic carbocycles. The largest absolute Gasteiger partial charge is 0.464 e. The van der Waals surface area contributed by atoms with Crippen LogP contribution in [-0.2, 0) is 19.6 Å². The Bertz CT molecular complexity index is 1530. The quantitative estimate of drug-likeness (QED) is 0.276. The summed E-state index contributed by atoms with van der Waals surface area (Å²) < 4.78 is 34.2. The number of rotatable bonds is 11. The van der Waals surface area contributed by atoms with Crippen LogP contribution in [0.25, 0.3) is 11.1 Å². The van der Waals surface area contributed by atoms with Gasteiger partial charge >= 0.3 is 5.97 Å². The second-order valence-electron chi connectivity index (χ2n) is 10.4. The zero-order valence-electron chi connectivity index (χ0n) is 24.6. The Kier molecular flexibility index (Phi) is 10.6. The van der Waals surface area contributed by atoms with Crippen LogP contribution in [0.5, 0.6) is 0 Å². The van der Waals surface area contributed by atoms with Crippen LogP contribution in [-0.4, -0.2) is 58.5 Å². The summed E-state index contributed by atoms with van der Waals surface area (Å²) in [6, 6.07) is 13.3. The Labute approximate surface area is 248 Å². The number of nitrogens with zero attached hydrogens (tertiary/aromatic N) is 1. The predicted molar refractivity (Wildman–Crippen MR) is 164 cm³/mol. The highest BCUT2D eigenvalue weighted by Crippen LogP contribution is 2.30. The number of sulfonamides is 1. The lowest BCUT2D eigenvalue weighted by Gasteiger charge is -2.21. The number of amides is 1. The Balaban J connectivity index is 1.87. The molecule has 0 aliphatic rings. The third kappa shape index (κ3) is 8.09. The molecule has 0 aliphatic heterocycles. The van der Waals surface area contributed by atoms with Gasteiger partial charge in [0.05, 0.1) is 11.5 Å². The van der Waals surface area contributed by atoms with Crippen molar-refractivity contribution >= 4 is 39.2 Å². The van der Waals surface area contributed by atoms with Gasteiger partial charge in [-0.3, -0.25) is 9.52 Å². The summed E-state index contributed by atoms with van der Waals surface area (Å²) in [5, 5.41) is 3.36. The van der Waals surface area contributed by atoms with Crippen molar-refractivity contribution in [1.29, 1.82) is 0 Å². The lowest BCUT2D eigenvalue weighted by molar-refractivity contribution is -0.145. The number of halogens is 1. The number of benzene rings is 3. The Morgan fingerprint density at radius 2 is 1.59 bits per heavy atom. The first-order valence-electron chi connectivity index (χ1n) is 13.4. The molecule has 0 spiro atoms. The zero-order valence-corrected chi connectivity index (χ0v) is 26.2. The molecule has 1 amide bonds. The minimum Gasteiger partial charge on any atom is -0.464 e. The molecule has 2 N–H and O–H groups in total. The molecule has 0 saturated heterocycles. The summed E-state index contributed by atoms with van der Waals surface area (Å²) >= 11 is 6.15. The molecule has 0 aromatic heterocycles. The summed E-state index contributed by atoms with van der Waals surface area (Å²) in [7, 11) is -0.0531. The molecule has 0 bridgehead atoms. The van der Waals surface area contributed by atoms with E-state index in [1.165, 1.54) is 0 Å². The Hall–Kier alpha value is -3.40. The fraction of sp³-hybridized carbons (Fsp3) is 0.355.